The Morgan fingerprint density at radius 1 is 0.214 bits per heavy atom. The summed E-state index contributed by atoms with van der Waals surface area (Å²) >= 11 is 0. The van der Waals surface area contributed by atoms with E-state index in [9.17, 15) is 0 Å². The standard InChI is InChI=1S/C70H54/c1-67(2)55-31-13-10-26-51(55)63-49(29-18-34-58(63)67)45-22-16-24-47(40-45)70(48-25-17-23-46(41-48)50-30-19-35-59-64(50)52-27-11-14-32-56(52)68(59,3)4)61-39-38-60-65(53-28-12-15-33-57(53)69(60,5)6)66(61)54-37-36-44(42-62(54)70)43-20-8-7-9-21-43/h7-42H,1-6H3. The summed E-state index contributed by atoms with van der Waals surface area (Å²) in [5, 5.41) is 0. The lowest BCUT2D eigenvalue weighted by Crippen LogP contribution is -2.29. The predicted octanol–water partition coefficient (Wildman–Crippen LogP) is 18.0. The molecule has 4 aliphatic rings. The van der Waals surface area contributed by atoms with Crippen molar-refractivity contribution in [3.8, 4) is 77.9 Å². The predicted molar refractivity (Wildman–Crippen MR) is 293 cm³/mol. The number of fused-ring (bicyclic) bond motifs is 13. The molecule has 0 bridgehead atoms. The van der Waals surface area contributed by atoms with Gasteiger partial charge in [0.1, 0.15) is 0 Å². The Kier molecular flexibility index (Phi) is 8.46. The lowest BCUT2D eigenvalue weighted by atomic mass is 9.66. The van der Waals surface area contributed by atoms with Gasteiger partial charge in [-0.2, -0.15) is 0 Å². The molecule has 0 aliphatic heterocycles. The van der Waals surface area contributed by atoms with Crippen molar-refractivity contribution in [2.75, 3.05) is 0 Å². The summed E-state index contributed by atoms with van der Waals surface area (Å²) in [7, 11) is 0. The number of hydrogen-bond donors (Lipinski definition) is 0. The van der Waals surface area contributed by atoms with E-state index in [2.05, 4.69) is 260 Å². The molecule has 0 saturated carbocycles. The Balaban J connectivity index is 1.10. The quantitative estimate of drug-likeness (QED) is 0.161. The fourth-order valence-electron chi connectivity index (χ4n) is 14.0. The van der Waals surface area contributed by atoms with Crippen molar-refractivity contribution in [1.82, 2.24) is 0 Å². The summed E-state index contributed by atoms with van der Waals surface area (Å²) < 4.78 is 0. The van der Waals surface area contributed by atoms with Gasteiger partial charge < -0.3 is 0 Å². The third-order valence-electron chi connectivity index (χ3n) is 17.4. The van der Waals surface area contributed by atoms with Gasteiger partial charge in [0.15, 0.2) is 0 Å². The van der Waals surface area contributed by atoms with E-state index in [4.69, 9.17) is 0 Å². The van der Waals surface area contributed by atoms with Crippen LogP contribution >= 0.6 is 0 Å². The van der Waals surface area contributed by atoms with Gasteiger partial charge in [-0.15, -0.1) is 0 Å². The van der Waals surface area contributed by atoms with Gasteiger partial charge in [-0.1, -0.05) is 242 Å². The second kappa shape index (κ2) is 14.4. The molecule has 0 aromatic heterocycles. The third kappa shape index (κ3) is 5.32. The fourth-order valence-corrected chi connectivity index (χ4v) is 14.0. The highest BCUT2D eigenvalue weighted by Gasteiger charge is 2.50. The fraction of sp³-hybridized carbons (Fsp3) is 0.143. The van der Waals surface area contributed by atoms with E-state index in [0.29, 0.717) is 0 Å². The molecule has 0 heteroatoms. The van der Waals surface area contributed by atoms with Crippen LogP contribution in [0.4, 0.5) is 0 Å². The van der Waals surface area contributed by atoms with Gasteiger partial charge in [-0.25, -0.2) is 0 Å². The molecule has 70 heavy (non-hydrogen) atoms. The first kappa shape index (κ1) is 41.2. The molecule has 0 amide bonds. The molecular weight excluding hydrogens is 841 g/mol. The maximum atomic E-state index is 2.55. The highest BCUT2D eigenvalue weighted by molar-refractivity contribution is 6.02. The monoisotopic (exact) mass is 894 g/mol. The van der Waals surface area contributed by atoms with Crippen LogP contribution < -0.4 is 0 Å². The first-order valence-electron chi connectivity index (χ1n) is 25.2. The van der Waals surface area contributed by atoms with Crippen molar-refractivity contribution in [2.45, 2.75) is 63.2 Å². The van der Waals surface area contributed by atoms with Crippen molar-refractivity contribution < 1.29 is 0 Å². The maximum Gasteiger partial charge on any atom is 0.0714 e. The summed E-state index contributed by atoms with van der Waals surface area (Å²) in [5.41, 5.74) is 30.8. The Hall–Kier alpha value is -7.80. The molecule has 4 aliphatic carbocycles. The van der Waals surface area contributed by atoms with Gasteiger partial charge in [-0.05, 0) is 152 Å². The Bertz CT molecular complexity index is 3700. The lowest BCUT2D eigenvalue weighted by Gasteiger charge is -2.35. The summed E-state index contributed by atoms with van der Waals surface area (Å²) in [6.07, 6.45) is 0. The highest BCUT2D eigenvalue weighted by atomic mass is 14.5. The van der Waals surface area contributed by atoms with Crippen molar-refractivity contribution in [2.24, 2.45) is 0 Å². The molecule has 0 saturated heterocycles. The minimum Gasteiger partial charge on any atom is -0.0622 e. The molecule has 0 atom stereocenters. The number of hydrogen-bond acceptors (Lipinski definition) is 0. The highest BCUT2D eigenvalue weighted by Crippen LogP contribution is 2.64. The molecule has 0 N–H and O–H groups in total. The van der Waals surface area contributed by atoms with Gasteiger partial charge in [0, 0.05) is 16.2 Å². The van der Waals surface area contributed by atoms with Gasteiger partial charge in [0.2, 0.25) is 0 Å². The van der Waals surface area contributed by atoms with Crippen LogP contribution in [-0.2, 0) is 21.7 Å². The van der Waals surface area contributed by atoms with Crippen LogP contribution in [-0.4, -0.2) is 0 Å². The molecule has 0 heterocycles. The lowest BCUT2D eigenvalue weighted by molar-refractivity contribution is 0.659. The molecular formula is C70H54. The van der Waals surface area contributed by atoms with Crippen LogP contribution in [0, 0.1) is 0 Å². The number of benzene rings is 10. The topological polar surface area (TPSA) is 0 Å². The van der Waals surface area contributed by atoms with Crippen molar-refractivity contribution in [3.63, 3.8) is 0 Å². The zero-order valence-corrected chi connectivity index (χ0v) is 40.8. The Morgan fingerprint density at radius 2 is 0.586 bits per heavy atom. The first-order chi connectivity index (χ1) is 34.0. The summed E-state index contributed by atoms with van der Waals surface area (Å²) in [6, 6.07) is 83.9. The van der Waals surface area contributed by atoms with E-state index in [0.717, 1.165) is 0 Å². The van der Waals surface area contributed by atoms with Crippen LogP contribution in [0.2, 0.25) is 0 Å². The summed E-state index contributed by atoms with van der Waals surface area (Å²) in [6.45, 7) is 14.4. The van der Waals surface area contributed by atoms with E-state index >= 15 is 0 Å². The molecule has 0 spiro atoms. The Morgan fingerprint density at radius 3 is 1.11 bits per heavy atom. The SMILES string of the molecule is CC1(C)c2ccccc2-c2c(-c3cccc(C4(c5cccc(-c6cccc7c6-c6ccccc6C7(C)C)c5)c5cc(-c6ccccc6)ccc5-c5c4ccc4c5-c5ccccc5C4(C)C)c3)cccc21. The van der Waals surface area contributed by atoms with E-state index in [1.807, 2.05) is 0 Å². The van der Waals surface area contributed by atoms with Gasteiger partial charge >= 0.3 is 0 Å². The molecule has 0 unspecified atom stereocenters. The van der Waals surface area contributed by atoms with Crippen LogP contribution in [0.3, 0.4) is 0 Å². The van der Waals surface area contributed by atoms with Gasteiger partial charge in [0.05, 0.1) is 5.41 Å². The average molecular weight is 895 g/mol. The van der Waals surface area contributed by atoms with Gasteiger partial charge in [-0.3, -0.25) is 0 Å². The molecule has 0 fully saturated rings. The van der Waals surface area contributed by atoms with Crippen molar-refractivity contribution >= 4 is 0 Å². The van der Waals surface area contributed by atoms with Crippen LogP contribution in [0.25, 0.3) is 77.9 Å². The first-order valence-corrected chi connectivity index (χ1v) is 25.2. The van der Waals surface area contributed by atoms with Crippen LogP contribution in [0.15, 0.2) is 218 Å². The Labute approximate surface area is 413 Å². The molecule has 334 valence electrons. The van der Waals surface area contributed by atoms with E-state index in [-0.39, 0.29) is 16.2 Å². The molecule has 10 aromatic carbocycles. The molecule has 0 radical (unpaired) electrons. The summed E-state index contributed by atoms with van der Waals surface area (Å²) in [5.74, 6) is 0. The summed E-state index contributed by atoms with van der Waals surface area (Å²) in [4.78, 5) is 0. The van der Waals surface area contributed by atoms with Crippen LogP contribution in [0.1, 0.15) is 97.2 Å². The second-order valence-electron chi connectivity index (χ2n) is 21.9. The molecule has 0 nitrogen and oxygen atoms in total. The van der Waals surface area contributed by atoms with Crippen molar-refractivity contribution in [1.29, 1.82) is 0 Å². The second-order valence-corrected chi connectivity index (χ2v) is 21.9. The smallest absolute Gasteiger partial charge is 0.0622 e. The largest absolute Gasteiger partial charge is 0.0714 e. The van der Waals surface area contributed by atoms with E-state index < -0.39 is 5.41 Å². The molecule has 10 aromatic rings. The number of rotatable bonds is 5. The van der Waals surface area contributed by atoms with Gasteiger partial charge in [0.25, 0.3) is 0 Å². The third-order valence-corrected chi connectivity index (χ3v) is 17.4. The van der Waals surface area contributed by atoms with E-state index in [1.165, 1.54) is 134 Å². The minimum atomic E-state index is -0.692. The van der Waals surface area contributed by atoms with Crippen LogP contribution in [0.5, 0.6) is 0 Å². The zero-order valence-electron chi connectivity index (χ0n) is 40.8. The zero-order chi connectivity index (χ0) is 47.3. The minimum absolute atomic E-state index is 0.101. The van der Waals surface area contributed by atoms with E-state index in [1.54, 1.807) is 0 Å². The van der Waals surface area contributed by atoms with Crippen molar-refractivity contribution in [3.05, 3.63) is 274 Å². The average Bonchev–Trinajstić information content (AvgIpc) is 4.01. The molecule has 14 rings (SSSR count). The maximum absolute atomic E-state index is 2.55. The normalized spacial score (nSPS) is 16.0.